The lowest BCUT2D eigenvalue weighted by molar-refractivity contribution is -0.129. The molecule has 0 amide bonds. The number of carbonyl (C=O) groups excluding carboxylic acids is 3. The van der Waals surface area contributed by atoms with E-state index in [2.05, 4.69) is 47.6 Å². The Morgan fingerprint density at radius 3 is 2.29 bits per heavy atom. The second kappa shape index (κ2) is 10.2. The summed E-state index contributed by atoms with van der Waals surface area (Å²) in [7, 11) is 0. The van der Waals surface area contributed by atoms with Crippen LogP contribution in [-0.4, -0.2) is 17.3 Å². The Kier molecular flexibility index (Phi) is 8.41. The molecule has 0 heterocycles. The highest BCUT2D eigenvalue weighted by atomic mass is 16.1. The standard InChI is InChI=1S/C28H42O3/c1-9-11-21(22(10-2)25(30)13-18(4)29)14-20-15-23-17(3)12-24(28(6,7)8)19(5)27(23)26(31)16-20/h12,20-22H,9-11,13-16H2,1-8H3. The molecule has 2 rings (SSSR count). The Morgan fingerprint density at radius 1 is 1.13 bits per heavy atom. The molecular weight excluding hydrogens is 384 g/mol. The number of fused-ring (bicyclic) bond motifs is 1. The molecule has 3 nitrogen and oxygen atoms in total. The van der Waals surface area contributed by atoms with Gasteiger partial charge >= 0.3 is 0 Å². The minimum atomic E-state index is -0.0774. The van der Waals surface area contributed by atoms with Crippen LogP contribution >= 0.6 is 0 Å². The summed E-state index contributed by atoms with van der Waals surface area (Å²) in [4.78, 5) is 37.6. The van der Waals surface area contributed by atoms with Crippen LogP contribution in [0.4, 0.5) is 0 Å². The van der Waals surface area contributed by atoms with Crippen LogP contribution in [0.15, 0.2) is 6.07 Å². The Bertz CT molecular complexity index is 841. The molecule has 0 fully saturated rings. The quantitative estimate of drug-likeness (QED) is 0.411. The summed E-state index contributed by atoms with van der Waals surface area (Å²) in [6, 6.07) is 2.28. The Balaban J connectivity index is 2.32. The molecule has 31 heavy (non-hydrogen) atoms. The van der Waals surface area contributed by atoms with Crippen molar-refractivity contribution in [2.24, 2.45) is 17.8 Å². The van der Waals surface area contributed by atoms with Gasteiger partial charge < -0.3 is 0 Å². The zero-order chi connectivity index (χ0) is 23.5. The third-order valence-electron chi connectivity index (χ3n) is 7.11. The molecule has 1 aliphatic carbocycles. The number of hydrogen-bond acceptors (Lipinski definition) is 3. The fraction of sp³-hybridized carbons (Fsp3) is 0.679. The molecule has 0 radical (unpaired) electrons. The van der Waals surface area contributed by atoms with E-state index in [0.29, 0.717) is 6.42 Å². The molecule has 172 valence electrons. The van der Waals surface area contributed by atoms with Gasteiger partial charge in [-0.3, -0.25) is 14.4 Å². The number of Topliss-reactive ketones (excluding diaryl/α,β-unsaturated/α-hetero) is 3. The Hall–Kier alpha value is -1.77. The zero-order valence-corrected chi connectivity index (χ0v) is 21.0. The van der Waals surface area contributed by atoms with E-state index in [1.54, 1.807) is 0 Å². The summed E-state index contributed by atoms with van der Waals surface area (Å²) in [5.41, 5.74) is 5.80. The number of aryl methyl sites for hydroxylation is 1. The normalized spacial score (nSPS) is 18.5. The molecule has 1 aliphatic rings. The fourth-order valence-corrected chi connectivity index (χ4v) is 5.76. The van der Waals surface area contributed by atoms with Gasteiger partial charge in [0.1, 0.15) is 11.6 Å². The molecule has 0 saturated heterocycles. The molecule has 0 aliphatic heterocycles. The molecule has 1 aromatic rings. The van der Waals surface area contributed by atoms with Crippen LogP contribution in [0.3, 0.4) is 0 Å². The van der Waals surface area contributed by atoms with Crippen LogP contribution in [0.2, 0.25) is 0 Å². The maximum atomic E-state index is 13.3. The van der Waals surface area contributed by atoms with Gasteiger partial charge in [0, 0.05) is 17.9 Å². The predicted octanol–water partition coefficient (Wildman–Crippen LogP) is 6.73. The smallest absolute Gasteiger partial charge is 0.163 e. The number of rotatable bonds is 9. The lowest BCUT2D eigenvalue weighted by Crippen LogP contribution is -2.30. The van der Waals surface area contributed by atoms with Gasteiger partial charge in [-0.1, -0.05) is 53.5 Å². The first kappa shape index (κ1) is 25.5. The van der Waals surface area contributed by atoms with Crippen molar-refractivity contribution in [3.63, 3.8) is 0 Å². The van der Waals surface area contributed by atoms with Crippen LogP contribution in [0.25, 0.3) is 0 Å². The minimum Gasteiger partial charge on any atom is -0.300 e. The first-order chi connectivity index (χ1) is 14.4. The van der Waals surface area contributed by atoms with Crippen molar-refractivity contribution in [1.82, 2.24) is 0 Å². The minimum absolute atomic E-state index is 0.0125. The zero-order valence-electron chi connectivity index (χ0n) is 21.0. The predicted molar refractivity (Wildman–Crippen MR) is 128 cm³/mol. The average Bonchev–Trinajstić information content (AvgIpc) is 2.63. The van der Waals surface area contributed by atoms with Gasteiger partial charge in [-0.15, -0.1) is 0 Å². The van der Waals surface area contributed by atoms with Crippen molar-refractivity contribution < 1.29 is 14.4 Å². The SMILES string of the molecule is CCCC(CC1CC(=O)c2c(C)c(C(C)(C)C)cc(C)c2C1)C(CC)C(=O)CC(C)=O. The van der Waals surface area contributed by atoms with E-state index in [4.69, 9.17) is 0 Å². The summed E-state index contributed by atoms with van der Waals surface area (Å²) in [5.74, 6) is 0.729. The van der Waals surface area contributed by atoms with E-state index in [1.807, 2.05) is 6.92 Å². The first-order valence-electron chi connectivity index (χ1n) is 12.1. The van der Waals surface area contributed by atoms with Crippen molar-refractivity contribution in [2.45, 2.75) is 106 Å². The lowest BCUT2D eigenvalue weighted by Gasteiger charge is -2.34. The maximum Gasteiger partial charge on any atom is 0.163 e. The van der Waals surface area contributed by atoms with Gasteiger partial charge in [-0.25, -0.2) is 0 Å². The van der Waals surface area contributed by atoms with E-state index in [1.165, 1.54) is 23.6 Å². The van der Waals surface area contributed by atoms with E-state index in [9.17, 15) is 14.4 Å². The molecule has 3 unspecified atom stereocenters. The van der Waals surface area contributed by atoms with Gasteiger partial charge in [-0.2, -0.15) is 0 Å². The summed E-state index contributed by atoms with van der Waals surface area (Å²) in [6.45, 7) is 16.5. The highest BCUT2D eigenvalue weighted by molar-refractivity contribution is 6.01. The Labute approximate surface area is 189 Å². The number of carbonyl (C=O) groups is 3. The Morgan fingerprint density at radius 2 is 1.77 bits per heavy atom. The number of hydrogen-bond donors (Lipinski definition) is 0. The van der Waals surface area contributed by atoms with Crippen LogP contribution < -0.4 is 0 Å². The first-order valence-corrected chi connectivity index (χ1v) is 12.1. The molecular formula is C28H42O3. The van der Waals surface area contributed by atoms with Crippen LogP contribution in [0, 0.1) is 31.6 Å². The molecule has 0 bridgehead atoms. The topological polar surface area (TPSA) is 51.2 Å². The third-order valence-corrected chi connectivity index (χ3v) is 7.11. The highest BCUT2D eigenvalue weighted by Gasteiger charge is 2.34. The largest absolute Gasteiger partial charge is 0.300 e. The average molecular weight is 427 g/mol. The van der Waals surface area contributed by atoms with E-state index in [-0.39, 0.29) is 46.9 Å². The summed E-state index contributed by atoms with van der Waals surface area (Å²) in [6.07, 6.45) is 5.16. The van der Waals surface area contributed by atoms with Crippen LogP contribution in [0.5, 0.6) is 0 Å². The molecule has 3 atom stereocenters. The van der Waals surface area contributed by atoms with Gasteiger partial charge in [0.05, 0.1) is 6.42 Å². The molecule has 0 spiro atoms. The van der Waals surface area contributed by atoms with E-state index >= 15 is 0 Å². The third kappa shape index (κ3) is 5.93. The fourth-order valence-electron chi connectivity index (χ4n) is 5.76. The lowest BCUT2D eigenvalue weighted by atomic mass is 9.70. The number of ketones is 3. The van der Waals surface area contributed by atoms with Crippen molar-refractivity contribution in [2.75, 3.05) is 0 Å². The summed E-state index contributed by atoms with van der Waals surface area (Å²) in [5, 5.41) is 0. The molecule has 0 saturated carbocycles. The van der Waals surface area contributed by atoms with Crippen molar-refractivity contribution in [3.05, 3.63) is 33.9 Å². The van der Waals surface area contributed by atoms with Crippen LogP contribution in [0.1, 0.15) is 113 Å². The monoisotopic (exact) mass is 426 g/mol. The van der Waals surface area contributed by atoms with Crippen molar-refractivity contribution in [3.8, 4) is 0 Å². The van der Waals surface area contributed by atoms with Gasteiger partial charge in [0.15, 0.2) is 5.78 Å². The highest BCUT2D eigenvalue weighted by Crippen LogP contribution is 2.40. The van der Waals surface area contributed by atoms with E-state index in [0.717, 1.165) is 43.2 Å². The van der Waals surface area contributed by atoms with Gasteiger partial charge in [-0.05, 0) is 79.5 Å². The second-order valence-corrected chi connectivity index (χ2v) is 10.8. The summed E-state index contributed by atoms with van der Waals surface area (Å²) < 4.78 is 0. The van der Waals surface area contributed by atoms with Gasteiger partial charge in [0.25, 0.3) is 0 Å². The maximum absolute atomic E-state index is 13.3. The molecule has 0 aromatic heterocycles. The number of benzene rings is 1. The van der Waals surface area contributed by atoms with Crippen molar-refractivity contribution >= 4 is 17.3 Å². The van der Waals surface area contributed by atoms with Gasteiger partial charge in [0.2, 0.25) is 0 Å². The molecule has 3 heteroatoms. The second-order valence-electron chi connectivity index (χ2n) is 10.8. The summed E-state index contributed by atoms with van der Waals surface area (Å²) >= 11 is 0. The van der Waals surface area contributed by atoms with Crippen molar-refractivity contribution in [1.29, 1.82) is 0 Å². The molecule has 1 aromatic carbocycles. The van der Waals surface area contributed by atoms with E-state index < -0.39 is 0 Å². The molecule has 0 N–H and O–H groups in total. The van der Waals surface area contributed by atoms with Crippen LogP contribution in [-0.2, 0) is 21.4 Å².